The zero-order valence-corrected chi connectivity index (χ0v) is 22.5. The van der Waals surface area contributed by atoms with Crippen LogP contribution in [0.25, 0.3) is 22.0 Å². The third kappa shape index (κ3) is 4.55. The molecule has 0 unspecified atom stereocenters. The second kappa shape index (κ2) is 9.42. The quantitative estimate of drug-likeness (QED) is 0.216. The molecule has 0 fully saturated rings. The molecule has 0 spiro atoms. The molecule has 0 saturated carbocycles. The van der Waals surface area contributed by atoms with Crippen molar-refractivity contribution in [2.45, 2.75) is 11.8 Å². The second-order valence-corrected chi connectivity index (χ2v) is 11.5. The second-order valence-electron chi connectivity index (χ2n) is 8.47. The molecule has 10 heteroatoms. The lowest BCUT2D eigenvalue weighted by Crippen LogP contribution is -2.22. The molecule has 0 saturated heterocycles. The third-order valence-electron chi connectivity index (χ3n) is 5.91. The zero-order valence-electron chi connectivity index (χ0n) is 19.6. The molecule has 0 bridgehead atoms. The van der Waals surface area contributed by atoms with Gasteiger partial charge in [-0.2, -0.15) is 0 Å². The van der Waals surface area contributed by atoms with Crippen LogP contribution in [0, 0.1) is 22.1 Å². The Morgan fingerprint density at radius 3 is 2.30 bits per heavy atom. The molecule has 188 valence electrons. The van der Waals surface area contributed by atoms with Crippen molar-refractivity contribution in [1.82, 2.24) is 8.54 Å². The number of rotatable bonds is 5. The van der Waals surface area contributed by atoms with Gasteiger partial charge in [0.2, 0.25) is 0 Å². The van der Waals surface area contributed by atoms with Gasteiger partial charge in [-0.15, -0.1) is 0 Å². The van der Waals surface area contributed by atoms with Crippen LogP contribution in [0.5, 0.6) is 11.5 Å². The van der Waals surface area contributed by atoms with Crippen LogP contribution < -0.4 is 10.3 Å². The SMILES string of the molecule is Cc1ccc(S(=O)(=O)n2ccc3c(-c4cc(I)ccc4Oc4ccc(F)cc4F)cn(C)c(=O)c32)cc1. The first-order valence-electron chi connectivity index (χ1n) is 11.0. The Hall–Kier alpha value is -3.51. The minimum Gasteiger partial charge on any atom is -0.454 e. The van der Waals surface area contributed by atoms with Gasteiger partial charge in [-0.05, 0) is 78.0 Å². The van der Waals surface area contributed by atoms with Crippen molar-refractivity contribution in [2.75, 3.05) is 0 Å². The minimum absolute atomic E-state index is 0.0293. The minimum atomic E-state index is -4.07. The highest BCUT2D eigenvalue weighted by Crippen LogP contribution is 2.39. The summed E-state index contributed by atoms with van der Waals surface area (Å²) in [6.07, 6.45) is 2.92. The molecule has 0 N–H and O–H groups in total. The summed E-state index contributed by atoms with van der Waals surface area (Å²) in [5, 5.41) is 0.380. The fourth-order valence-corrected chi connectivity index (χ4v) is 5.88. The molecule has 2 aromatic heterocycles. The summed E-state index contributed by atoms with van der Waals surface area (Å²) < 4.78 is 63.6. The lowest BCUT2D eigenvalue weighted by Gasteiger charge is -2.15. The predicted octanol–water partition coefficient (Wildman–Crippen LogP) is 6.23. The van der Waals surface area contributed by atoms with Crippen molar-refractivity contribution < 1.29 is 21.9 Å². The molecule has 0 atom stereocenters. The first kappa shape index (κ1) is 25.2. The van der Waals surface area contributed by atoms with E-state index in [1.54, 1.807) is 42.6 Å². The van der Waals surface area contributed by atoms with E-state index in [4.69, 9.17) is 4.74 Å². The van der Waals surface area contributed by atoms with Crippen molar-refractivity contribution in [3.8, 4) is 22.6 Å². The maximum Gasteiger partial charge on any atom is 0.275 e. The summed E-state index contributed by atoms with van der Waals surface area (Å²) in [5.41, 5.74) is 1.38. The molecule has 37 heavy (non-hydrogen) atoms. The van der Waals surface area contributed by atoms with Crippen LogP contribution in [0.3, 0.4) is 0 Å². The lowest BCUT2D eigenvalue weighted by atomic mass is 10.0. The van der Waals surface area contributed by atoms with Crippen LogP contribution in [0.1, 0.15) is 5.56 Å². The van der Waals surface area contributed by atoms with Crippen molar-refractivity contribution >= 4 is 43.5 Å². The Bertz CT molecular complexity index is 1850. The van der Waals surface area contributed by atoms with Gasteiger partial charge in [-0.25, -0.2) is 21.2 Å². The first-order chi connectivity index (χ1) is 17.6. The first-order valence-corrected chi connectivity index (χ1v) is 13.5. The van der Waals surface area contributed by atoms with Crippen molar-refractivity contribution in [1.29, 1.82) is 0 Å². The molecule has 2 heterocycles. The van der Waals surface area contributed by atoms with Gasteiger partial charge < -0.3 is 9.30 Å². The maximum absolute atomic E-state index is 14.4. The van der Waals surface area contributed by atoms with E-state index in [9.17, 15) is 22.0 Å². The van der Waals surface area contributed by atoms with E-state index >= 15 is 0 Å². The van der Waals surface area contributed by atoms with Crippen LogP contribution in [-0.2, 0) is 17.1 Å². The molecule has 0 amide bonds. The number of benzene rings is 3. The highest BCUT2D eigenvalue weighted by molar-refractivity contribution is 14.1. The topological polar surface area (TPSA) is 70.3 Å². The summed E-state index contributed by atoms with van der Waals surface area (Å²) in [6.45, 7) is 1.85. The molecule has 0 radical (unpaired) electrons. The number of ether oxygens (including phenoxy) is 1. The third-order valence-corrected chi connectivity index (χ3v) is 8.27. The average molecular weight is 632 g/mol. The summed E-state index contributed by atoms with van der Waals surface area (Å²) in [5.74, 6) is -1.53. The highest BCUT2D eigenvalue weighted by atomic mass is 127. The van der Waals surface area contributed by atoms with E-state index in [0.29, 0.717) is 16.5 Å². The Balaban J connectivity index is 1.73. The molecule has 0 aliphatic heterocycles. The number of hydrogen-bond acceptors (Lipinski definition) is 4. The van der Waals surface area contributed by atoms with E-state index in [-0.39, 0.29) is 21.9 Å². The van der Waals surface area contributed by atoms with Gasteiger partial charge >= 0.3 is 0 Å². The lowest BCUT2D eigenvalue weighted by molar-refractivity contribution is 0.439. The molecular weight excluding hydrogens is 613 g/mol. The highest BCUT2D eigenvalue weighted by Gasteiger charge is 2.24. The van der Waals surface area contributed by atoms with E-state index in [2.05, 4.69) is 22.6 Å². The number of hydrogen-bond donors (Lipinski definition) is 0. The van der Waals surface area contributed by atoms with Crippen LogP contribution in [0.2, 0.25) is 0 Å². The Morgan fingerprint density at radius 2 is 1.59 bits per heavy atom. The van der Waals surface area contributed by atoms with E-state index in [1.807, 2.05) is 6.92 Å². The summed E-state index contributed by atoms with van der Waals surface area (Å²) in [4.78, 5) is 13.3. The van der Waals surface area contributed by atoms with Crippen molar-refractivity contribution in [2.24, 2.45) is 7.05 Å². The normalized spacial score (nSPS) is 11.7. The molecule has 0 aliphatic carbocycles. The number of aromatic nitrogens is 2. The van der Waals surface area contributed by atoms with Crippen LogP contribution in [0.4, 0.5) is 8.78 Å². The predicted molar refractivity (Wildman–Crippen MR) is 146 cm³/mol. The monoisotopic (exact) mass is 632 g/mol. The fraction of sp³-hybridized carbons (Fsp3) is 0.0741. The van der Waals surface area contributed by atoms with Crippen LogP contribution in [-0.4, -0.2) is 17.0 Å². The van der Waals surface area contributed by atoms with Crippen molar-refractivity contribution in [3.05, 3.63) is 110 Å². The Labute approximate surface area is 224 Å². The Morgan fingerprint density at radius 1 is 0.892 bits per heavy atom. The molecular formula is C27H19F2IN2O4S. The summed E-state index contributed by atoms with van der Waals surface area (Å²) in [7, 11) is -2.55. The van der Waals surface area contributed by atoms with Crippen LogP contribution >= 0.6 is 22.6 Å². The van der Waals surface area contributed by atoms with Gasteiger partial charge in [0.05, 0.1) is 4.90 Å². The average Bonchev–Trinajstić information content (AvgIpc) is 3.31. The smallest absolute Gasteiger partial charge is 0.275 e. The number of nitrogens with zero attached hydrogens (tertiary/aromatic N) is 2. The standard InChI is InChI=1S/C27H19F2IN2O4S/c1-16-3-7-19(8-4-16)37(34,35)32-12-11-20-22(15-31(2)27(33)26(20)32)21-14-18(30)6-10-24(21)36-25-9-5-17(28)13-23(25)29/h3-15H,1-2H3. The maximum atomic E-state index is 14.4. The number of fused-ring (bicyclic) bond motifs is 1. The van der Waals surface area contributed by atoms with E-state index in [0.717, 1.165) is 25.2 Å². The number of aryl methyl sites for hydroxylation is 2. The molecule has 0 aliphatic rings. The Kier molecular flexibility index (Phi) is 6.40. The number of halogens is 3. The van der Waals surface area contributed by atoms with E-state index in [1.165, 1.54) is 36.0 Å². The summed E-state index contributed by atoms with van der Waals surface area (Å²) >= 11 is 2.11. The number of pyridine rings is 1. The van der Waals surface area contributed by atoms with Gasteiger partial charge in [0.25, 0.3) is 15.6 Å². The van der Waals surface area contributed by atoms with E-state index < -0.39 is 27.2 Å². The van der Waals surface area contributed by atoms with Gasteiger partial charge in [0.1, 0.15) is 17.1 Å². The largest absolute Gasteiger partial charge is 0.454 e. The molecule has 5 aromatic rings. The van der Waals surface area contributed by atoms with Crippen molar-refractivity contribution in [3.63, 3.8) is 0 Å². The van der Waals surface area contributed by atoms with Gasteiger partial charge in [-0.1, -0.05) is 17.7 Å². The molecule has 5 rings (SSSR count). The zero-order chi connectivity index (χ0) is 26.5. The molecule has 6 nitrogen and oxygen atoms in total. The van der Waals surface area contributed by atoms with Gasteiger partial charge in [0, 0.05) is 45.6 Å². The van der Waals surface area contributed by atoms with Gasteiger partial charge in [0.15, 0.2) is 11.6 Å². The summed E-state index contributed by atoms with van der Waals surface area (Å²) in [6, 6.07) is 16.1. The molecule has 3 aromatic carbocycles. The fourth-order valence-electron chi connectivity index (χ4n) is 4.05. The van der Waals surface area contributed by atoms with Gasteiger partial charge in [-0.3, -0.25) is 4.79 Å². The van der Waals surface area contributed by atoms with Crippen LogP contribution in [0.15, 0.2) is 88.8 Å².